The van der Waals surface area contributed by atoms with Crippen LogP contribution in [0.4, 0.5) is 0 Å². The highest BCUT2D eigenvalue weighted by Gasteiger charge is 2.30. The molecule has 1 aliphatic carbocycles. The fourth-order valence-electron chi connectivity index (χ4n) is 3.84. The number of imidazole rings is 1. The van der Waals surface area contributed by atoms with Gasteiger partial charge < -0.3 is 20.4 Å². The minimum Gasteiger partial charge on any atom is -0.388 e. The van der Waals surface area contributed by atoms with Crippen LogP contribution in [0.3, 0.4) is 0 Å². The first-order valence-corrected chi connectivity index (χ1v) is 10.1. The molecule has 2 aromatic carbocycles. The molecule has 0 bridgehead atoms. The van der Waals surface area contributed by atoms with E-state index >= 15 is 0 Å². The lowest BCUT2D eigenvalue weighted by atomic mass is 9.88. The molecule has 0 aliphatic heterocycles. The molecule has 0 saturated heterocycles. The van der Waals surface area contributed by atoms with E-state index in [2.05, 4.69) is 27.4 Å². The van der Waals surface area contributed by atoms with Crippen LogP contribution in [-0.2, 0) is 0 Å². The zero-order chi connectivity index (χ0) is 20.0. The van der Waals surface area contributed by atoms with Crippen molar-refractivity contribution in [1.29, 1.82) is 0 Å². The van der Waals surface area contributed by atoms with Crippen LogP contribution >= 0.6 is 0 Å². The van der Waals surface area contributed by atoms with Crippen molar-refractivity contribution in [3.63, 3.8) is 0 Å². The monoisotopic (exact) mass is 381 g/mol. The third kappa shape index (κ3) is 5.57. The molecule has 1 unspecified atom stereocenters. The van der Waals surface area contributed by atoms with Gasteiger partial charge in [-0.15, -0.1) is 0 Å². The van der Waals surface area contributed by atoms with E-state index in [9.17, 15) is 9.90 Å². The Morgan fingerprint density at radius 2 is 1.46 bits per heavy atom. The number of hydrogen-bond donors (Lipinski definition) is 4. The van der Waals surface area contributed by atoms with Gasteiger partial charge in [-0.05, 0) is 44.4 Å². The van der Waals surface area contributed by atoms with Gasteiger partial charge in [0, 0.05) is 6.04 Å². The predicted molar refractivity (Wildman–Crippen MR) is 114 cm³/mol. The predicted octanol–water partition coefficient (Wildman–Crippen LogP) is 4.28. The van der Waals surface area contributed by atoms with Gasteiger partial charge in [0.15, 0.2) is 0 Å². The van der Waals surface area contributed by atoms with Gasteiger partial charge in [-0.25, -0.2) is 4.79 Å². The molecule has 0 spiro atoms. The maximum atomic E-state index is 10.7. The van der Waals surface area contributed by atoms with Gasteiger partial charge in [-0.1, -0.05) is 61.7 Å². The molecular weight excluding hydrogens is 350 g/mol. The summed E-state index contributed by atoms with van der Waals surface area (Å²) in [6.07, 6.45) is 6.45. The molecule has 28 heavy (non-hydrogen) atoms. The number of aromatic nitrogens is 2. The lowest BCUT2D eigenvalue weighted by Gasteiger charge is -2.35. The van der Waals surface area contributed by atoms with Gasteiger partial charge in [-0.2, -0.15) is 0 Å². The summed E-state index contributed by atoms with van der Waals surface area (Å²) in [5.74, 6) is 0. The Morgan fingerprint density at radius 3 is 2.00 bits per heavy atom. The second-order valence-corrected chi connectivity index (χ2v) is 8.12. The zero-order valence-corrected chi connectivity index (χ0v) is 16.7. The summed E-state index contributed by atoms with van der Waals surface area (Å²) < 4.78 is 0. The molecule has 1 atom stereocenters. The van der Waals surface area contributed by atoms with Gasteiger partial charge in [0.1, 0.15) is 0 Å². The maximum absolute atomic E-state index is 10.7. The van der Waals surface area contributed by atoms with Crippen molar-refractivity contribution in [3.05, 3.63) is 70.6 Å². The first-order chi connectivity index (χ1) is 13.4. The highest BCUT2D eigenvalue weighted by atomic mass is 16.3. The van der Waals surface area contributed by atoms with E-state index in [-0.39, 0.29) is 11.7 Å². The fourth-order valence-corrected chi connectivity index (χ4v) is 3.84. The molecule has 1 heterocycles. The third-order valence-electron chi connectivity index (χ3n) is 5.27. The Balaban J connectivity index is 0.000000188. The minimum absolute atomic E-state index is 0.0156. The van der Waals surface area contributed by atoms with Crippen LogP contribution in [0, 0.1) is 0 Å². The number of hydrogen-bond acceptors (Lipinski definition) is 3. The van der Waals surface area contributed by atoms with Crippen molar-refractivity contribution in [3.8, 4) is 0 Å². The number of aromatic amines is 2. The molecule has 0 amide bonds. The molecule has 1 aliphatic rings. The number of benzene rings is 2. The summed E-state index contributed by atoms with van der Waals surface area (Å²) in [5.41, 5.74) is 2.00. The van der Waals surface area contributed by atoms with Gasteiger partial charge >= 0.3 is 5.69 Å². The second-order valence-electron chi connectivity index (χ2n) is 8.12. The fraction of sp³-hybridized carbons (Fsp3) is 0.435. The van der Waals surface area contributed by atoms with Crippen LogP contribution < -0.4 is 11.0 Å². The van der Waals surface area contributed by atoms with Crippen molar-refractivity contribution in [1.82, 2.24) is 15.3 Å². The zero-order valence-electron chi connectivity index (χ0n) is 16.7. The van der Waals surface area contributed by atoms with Gasteiger partial charge in [0.05, 0.1) is 22.7 Å². The lowest BCUT2D eigenvalue weighted by Crippen LogP contribution is -2.44. The van der Waals surface area contributed by atoms with Crippen LogP contribution in [0.15, 0.2) is 59.4 Å². The minimum atomic E-state index is -0.737. The van der Waals surface area contributed by atoms with Gasteiger partial charge in [0.2, 0.25) is 0 Å². The number of para-hydroxylation sites is 2. The highest BCUT2D eigenvalue weighted by Crippen LogP contribution is 2.28. The highest BCUT2D eigenvalue weighted by molar-refractivity contribution is 5.73. The molecule has 1 aromatic heterocycles. The molecule has 1 fully saturated rings. The van der Waals surface area contributed by atoms with E-state index in [0.29, 0.717) is 6.04 Å². The number of fused-ring (bicyclic) bond motifs is 1. The Morgan fingerprint density at radius 1 is 0.929 bits per heavy atom. The first kappa shape index (κ1) is 20.4. The van der Waals surface area contributed by atoms with Crippen LogP contribution in [0.1, 0.15) is 57.6 Å². The average molecular weight is 382 g/mol. The van der Waals surface area contributed by atoms with E-state index in [1.807, 2.05) is 56.3 Å². The Hall–Kier alpha value is -2.37. The molecule has 150 valence electrons. The third-order valence-corrected chi connectivity index (χ3v) is 5.27. The van der Waals surface area contributed by atoms with E-state index in [4.69, 9.17) is 0 Å². The van der Waals surface area contributed by atoms with E-state index < -0.39 is 5.60 Å². The van der Waals surface area contributed by atoms with Crippen molar-refractivity contribution in [2.45, 2.75) is 63.6 Å². The number of aliphatic hydroxyl groups is 1. The molecule has 1 saturated carbocycles. The molecule has 5 heteroatoms. The Bertz CT molecular complexity index is 866. The van der Waals surface area contributed by atoms with E-state index in [1.54, 1.807) is 0 Å². The lowest BCUT2D eigenvalue weighted by molar-refractivity contribution is 0.0301. The molecule has 3 aromatic rings. The summed E-state index contributed by atoms with van der Waals surface area (Å²) >= 11 is 0. The van der Waals surface area contributed by atoms with Crippen molar-refractivity contribution in [2.75, 3.05) is 0 Å². The first-order valence-electron chi connectivity index (χ1n) is 10.1. The molecule has 0 radical (unpaired) electrons. The molecule has 4 N–H and O–H groups in total. The molecule has 4 rings (SSSR count). The smallest absolute Gasteiger partial charge is 0.323 e. The van der Waals surface area contributed by atoms with Crippen molar-refractivity contribution < 1.29 is 5.11 Å². The summed E-state index contributed by atoms with van der Waals surface area (Å²) in [7, 11) is 0. The number of rotatable bonds is 4. The average Bonchev–Trinajstić information content (AvgIpc) is 3.07. The Kier molecular flexibility index (Phi) is 6.70. The number of H-pyrrole nitrogens is 2. The van der Waals surface area contributed by atoms with E-state index in [0.717, 1.165) is 11.0 Å². The summed E-state index contributed by atoms with van der Waals surface area (Å²) in [6, 6.07) is 18.3. The summed E-state index contributed by atoms with van der Waals surface area (Å²) in [6.45, 7) is 3.78. The van der Waals surface area contributed by atoms with Gasteiger partial charge in [-0.3, -0.25) is 0 Å². The second kappa shape index (κ2) is 9.22. The van der Waals surface area contributed by atoms with Crippen LogP contribution in [-0.4, -0.2) is 26.7 Å². The topological polar surface area (TPSA) is 80.9 Å². The normalized spacial score (nSPS) is 16.4. The van der Waals surface area contributed by atoms with Crippen LogP contribution in [0.2, 0.25) is 0 Å². The Labute approximate surface area is 166 Å². The van der Waals surface area contributed by atoms with Gasteiger partial charge in [0.25, 0.3) is 0 Å². The standard InChI is InChI=1S/C16H25NO.C7H6N2O/c1-16(2,18)15(13-9-5-3-6-10-13)17-14-11-7-4-8-12-14;10-7-8-5-3-1-2-4-6(5)9-7/h3,5-6,9-10,14-15,17-18H,4,7-8,11-12H2,1-2H3;1-4H,(H2,8,9,10). The quantitative estimate of drug-likeness (QED) is 0.545. The van der Waals surface area contributed by atoms with Crippen molar-refractivity contribution >= 4 is 11.0 Å². The summed E-state index contributed by atoms with van der Waals surface area (Å²) in [4.78, 5) is 16.0. The van der Waals surface area contributed by atoms with Crippen molar-refractivity contribution in [2.24, 2.45) is 0 Å². The summed E-state index contributed by atoms with van der Waals surface area (Å²) in [5, 5.41) is 14.1. The SMILES string of the molecule is CC(C)(O)C(NC1CCCCC1)c1ccccc1.O=c1[nH]c2ccccc2[nH]1. The number of nitrogens with one attached hydrogen (secondary N) is 3. The van der Waals surface area contributed by atoms with E-state index in [1.165, 1.54) is 37.7 Å². The molecular formula is C23H31N3O2. The van der Waals surface area contributed by atoms with Crippen LogP contribution in [0.25, 0.3) is 11.0 Å². The molecule has 5 nitrogen and oxygen atoms in total. The van der Waals surface area contributed by atoms with Crippen LogP contribution in [0.5, 0.6) is 0 Å². The maximum Gasteiger partial charge on any atom is 0.323 e. The largest absolute Gasteiger partial charge is 0.388 e.